The van der Waals surface area contributed by atoms with Crippen LogP contribution >= 0.6 is 23.1 Å². The number of ether oxygens (including phenoxy) is 1. The Morgan fingerprint density at radius 1 is 1.02 bits per heavy atom. The lowest BCUT2D eigenvalue weighted by Crippen LogP contribution is -2.14. The standard InChI is InChI=1S/C30H25N5O3S2/c1-19-5-14-25-26(16-19)40-29(32-25)21-6-10-22(11-7-21)31-27(36)18-39-30-34-33-28(20-8-12-23(37-2)13-9-20)35(30)17-24-4-3-15-38-24/h3-16H,17-18H2,1-2H3,(H,31,36). The Bertz CT molecular complexity index is 1760. The largest absolute Gasteiger partial charge is 0.497 e. The molecule has 0 aliphatic carbocycles. The molecule has 3 heterocycles. The lowest BCUT2D eigenvalue weighted by atomic mass is 10.2. The second-order valence-corrected chi connectivity index (χ2v) is 11.1. The number of thioether (sulfide) groups is 1. The molecule has 0 bridgehead atoms. The Morgan fingerprint density at radius 3 is 2.58 bits per heavy atom. The van der Waals surface area contributed by atoms with E-state index in [4.69, 9.17) is 14.1 Å². The van der Waals surface area contributed by atoms with Crippen LogP contribution in [0, 0.1) is 6.92 Å². The average Bonchev–Trinajstić information content (AvgIpc) is 3.73. The van der Waals surface area contributed by atoms with Gasteiger partial charge < -0.3 is 14.5 Å². The van der Waals surface area contributed by atoms with Crippen molar-refractivity contribution < 1.29 is 13.9 Å². The fourth-order valence-corrected chi connectivity index (χ4v) is 6.04. The number of rotatable bonds is 9. The van der Waals surface area contributed by atoms with Crippen LogP contribution < -0.4 is 10.1 Å². The summed E-state index contributed by atoms with van der Waals surface area (Å²) in [5.74, 6) is 2.26. The molecular formula is C30H25N5O3S2. The highest BCUT2D eigenvalue weighted by molar-refractivity contribution is 7.99. The highest BCUT2D eigenvalue weighted by Gasteiger charge is 2.17. The van der Waals surface area contributed by atoms with Gasteiger partial charge in [0.05, 0.1) is 35.9 Å². The number of anilines is 1. The summed E-state index contributed by atoms with van der Waals surface area (Å²) in [5.41, 5.74) is 4.84. The van der Waals surface area contributed by atoms with E-state index in [9.17, 15) is 4.79 Å². The topological polar surface area (TPSA) is 95.1 Å². The SMILES string of the molecule is COc1ccc(-c2nnc(SCC(=O)Nc3ccc(-c4nc5ccc(C)cc5s4)cc3)n2Cc2ccco2)cc1. The molecule has 0 atom stereocenters. The lowest BCUT2D eigenvalue weighted by Gasteiger charge is -2.10. The number of thiazole rings is 1. The van der Waals surface area contributed by atoms with Crippen LogP contribution in [-0.4, -0.2) is 38.5 Å². The summed E-state index contributed by atoms with van der Waals surface area (Å²) < 4.78 is 14.0. The van der Waals surface area contributed by atoms with Crippen molar-refractivity contribution in [3.05, 3.63) is 96.4 Å². The van der Waals surface area contributed by atoms with E-state index in [2.05, 4.69) is 34.6 Å². The van der Waals surface area contributed by atoms with Crippen LogP contribution in [-0.2, 0) is 11.3 Å². The predicted octanol–water partition coefficient (Wildman–Crippen LogP) is 6.91. The van der Waals surface area contributed by atoms with E-state index in [-0.39, 0.29) is 11.7 Å². The van der Waals surface area contributed by atoms with Crippen molar-refractivity contribution in [1.29, 1.82) is 0 Å². The summed E-state index contributed by atoms with van der Waals surface area (Å²) in [6.07, 6.45) is 1.63. The second kappa shape index (κ2) is 11.4. The number of aromatic nitrogens is 4. The molecule has 0 radical (unpaired) electrons. The maximum atomic E-state index is 12.8. The minimum absolute atomic E-state index is 0.133. The van der Waals surface area contributed by atoms with E-state index >= 15 is 0 Å². The van der Waals surface area contributed by atoms with Gasteiger partial charge in [0, 0.05) is 16.8 Å². The summed E-state index contributed by atoms with van der Waals surface area (Å²) >= 11 is 2.99. The Balaban J connectivity index is 1.14. The van der Waals surface area contributed by atoms with Gasteiger partial charge in [-0.15, -0.1) is 21.5 Å². The predicted molar refractivity (Wildman–Crippen MR) is 159 cm³/mol. The summed E-state index contributed by atoms with van der Waals surface area (Å²) in [5, 5.41) is 13.4. The van der Waals surface area contributed by atoms with Gasteiger partial charge in [0.25, 0.3) is 0 Å². The molecule has 6 aromatic rings. The molecule has 1 amide bonds. The van der Waals surface area contributed by atoms with Crippen LogP contribution in [0.25, 0.3) is 32.2 Å². The molecule has 0 saturated carbocycles. The monoisotopic (exact) mass is 567 g/mol. The van der Waals surface area contributed by atoms with Crippen molar-refractivity contribution in [2.45, 2.75) is 18.6 Å². The van der Waals surface area contributed by atoms with E-state index in [1.54, 1.807) is 24.7 Å². The maximum Gasteiger partial charge on any atom is 0.234 e. The van der Waals surface area contributed by atoms with Gasteiger partial charge >= 0.3 is 0 Å². The quantitative estimate of drug-likeness (QED) is 0.190. The molecule has 1 N–H and O–H groups in total. The number of methoxy groups -OCH3 is 1. The molecule has 10 heteroatoms. The molecule has 0 aliphatic heterocycles. The van der Waals surface area contributed by atoms with Crippen molar-refractivity contribution >= 4 is 44.9 Å². The smallest absolute Gasteiger partial charge is 0.234 e. The van der Waals surface area contributed by atoms with Gasteiger partial charge in [-0.05, 0) is 85.3 Å². The van der Waals surface area contributed by atoms with Crippen molar-refractivity contribution in [2.75, 3.05) is 18.2 Å². The molecule has 200 valence electrons. The highest BCUT2D eigenvalue weighted by Crippen LogP contribution is 2.31. The normalized spacial score (nSPS) is 11.2. The first-order valence-electron chi connectivity index (χ1n) is 12.6. The summed E-state index contributed by atoms with van der Waals surface area (Å²) in [4.78, 5) is 17.6. The number of hydrogen-bond donors (Lipinski definition) is 1. The third-order valence-electron chi connectivity index (χ3n) is 6.25. The Kier molecular flexibility index (Phi) is 7.35. The zero-order chi connectivity index (χ0) is 27.5. The molecule has 6 rings (SSSR count). The van der Waals surface area contributed by atoms with Crippen molar-refractivity contribution in [1.82, 2.24) is 19.7 Å². The van der Waals surface area contributed by atoms with E-state index < -0.39 is 0 Å². The third kappa shape index (κ3) is 5.63. The number of aryl methyl sites for hydroxylation is 1. The number of fused-ring (bicyclic) bond motifs is 1. The Labute approximate surface area is 239 Å². The van der Waals surface area contributed by atoms with Crippen molar-refractivity contribution in [3.63, 3.8) is 0 Å². The number of nitrogens with zero attached hydrogens (tertiary/aromatic N) is 4. The van der Waals surface area contributed by atoms with Gasteiger partial charge in [0.15, 0.2) is 11.0 Å². The molecule has 3 aromatic carbocycles. The minimum atomic E-state index is -0.133. The van der Waals surface area contributed by atoms with Crippen LogP contribution in [0.5, 0.6) is 5.75 Å². The average molecular weight is 568 g/mol. The van der Waals surface area contributed by atoms with E-state index in [0.717, 1.165) is 38.8 Å². The molecule has 0 aliphatic rings. The van der Waals surface area contributed by atoms with Crippen LogP contribution in [0.3, 0.4) is 0 Å². The number of carbonyl (C=O) groups excluding carboxylic acids is 1. The first kappa shape index (κ1) is 25.8. The number of hydrogen-bond acceptors (Lipinski definition) is 8. The Hall–Kier alpha value is -4.41. The van der Waals surface area contributed by atoms with Crippen LogP contribution in [0.1, 0.15) is 11.3 Å². The third-order valence-corrected chi connectivity index (χ3v) is 8.29. The first-order chi connectivity index (χ1) is 19.6. The summed E-state index contributed by atoms with van der Waals surface area (Å²) in [6.45, 7) is 2.52. The van der Waals surface area contributed by atoms with Crippen molar-refractivity contribution in [2.24, 2.45) is 0 Å². The molecule has 0 unspecified atom stereocenters. The molecule has 8 nitrogen and oxygen atoms in total. The van der Waals surface area contributed by atoms with Gasteiger partial charge in [-0.25, -0.2) is 4.98 Å². The van der Waals surface area contributed by atoms with Gasteiger partial charge in [0.1, 0.15) is 16.5 Å². The zero-order valence-corrected chi connectivity index (χ0v) is 23.5. The molecule has 3 aromatic heterocycles. The fourth-order valence-electron chi connectivity index (χ4n) is 4.23. The van der Waals surface area contributed by atoms with Crippen LogP contribution in [0.4, 0.5) is 5.69 Å². The summed E-state index contributed by atoms with van der Waals surface area (Å²) in [6, 6.07) is 25.4. The fraction of sp³-hybridized carbons (Fsp3) is 0.133. The number of benzene rings is 3. The Morgan fingerprint density at radius 2 is 1.82 bits per heavy atom. The number of amides is 1. The number of carbonyl (C=O) groups is 1. The lowest BCUT2D eigenvalue weighted by molar-refractivity contribution is -0.113. The van der Waals surface area contributed by atoms with Gasteiger partial charge in [0.2, 0.25) is 5.91 Å². The zero-order valence-electron chi connectivity index (χ0n) is 21.8. The first-order valence-corrected chi connectivity index (χ1v) is 14.4. The molecule has 0 fully saturated rings. The molecular weight excluding hydrogens is 542 g/mol. The van der Waals surface area contributed by atoms with E-state index in [1.165, 1.54) is 22.0 Å². The van der Waals surface area contributed by atoms with Crippen molar-refractivity contribution in [3.8, 4) is 27.7 Å². The van der Waals surface area contributed by atoms with Gasteiger partial charge in [-0.3, -0.25) is 9.36 Å². The molecule has 40 heavy (non-hydrogen) atoms. The molecule has 0 saturated heterocycles. The summed E-state index contributed by atoms with van der Waals surface area (Å²) in [7, 11) is 1.63. The van der Waals surface area contributed by atoms with Gasteiger partial charge in [-0.1, -0.05) is 17.8 Å². The van der Waals surface area contributed by atoms with Gasteiger partial charge in [-0.2, -0.15) is 0 Å². The number of furan rings is 1. The second-order valence-electron chi connectivity index (χ2n) is 9.10. The number of nitrogens with one attached hydrogen (secondary N) is 1. The maximum absolute atomic E-state index is 12.8. The van der Waals surface area contributed by atoms with Crippen LogP contribution in [0.2, 0.25) is 0 Å². The van der Waals surface area contributed by atoms with Crippen LogP contribution in [0.15, 0.2) is 94.7 Å². The minimum Gasteiger partial charge on any atom is -0.497 e. The van der Waals surface area contributed by atoms with E-state index in [0.29, 0.717) is 17.5 Å². The van der Waals surface area contributed by atoms with E-state index in [1.807, 2.05) is 71.3 Å². The molecule has 0 spiro atoms. The highest BCUT2D eigenvalue weighted by atomic mass is 32.2.